The molecule has 0 spiro atoms. The minimum atomic E-state index is -0.187. The van der Waals surface area contributed by atoms with Gasteiger partial charge in [-0.25, -0.2) is 4.79 Å². The minimum Gasteiger partial charge on any atom is -0.447 e. The van der Waals surface area contributed by atoms with E-state index in [0.29, 0.717) is 11.8 Å². The summed E-state index contributed by atoms with van der Waals surface area (Å²) >= 11 is 0. The van der Waals surface area contributed by atoms with Crippen LogP contribution in [0.3, 0.4) is 0 Å². The molecule has 1 heterocycles. The minimum absolute atomic E-state index is 0.0477. The Morgan fingerprint density at radius 1 is 1.35 bits per heavy atom. The van der Waals surface area contributed by atoms with Crippen LogP contribution in [0.4, 0.5) is 4.79 Å². The van der Waals surface area contributed by atoms with Crippen LogP contribution >= 0.6 is 0 Å². The van der Waals surface area contributed by atoms with Crippen LogP contribution in [0.2, 0.25) is 0 Å². The van der Waals surface area contributed by atoms with Gasteiger partial charge < -0.3 is 14.7 Å². The van der Waals surface area contributed by atoms with Crippen molar-refractivity contribution in [2.75, 3.05) is 19.7 Å². The molecular formula is C13H25NO3. The Kier molecular flexibility index (Phi) is 5.75. The molecule has 0 aromatic heterocycles. The summed E-state index contributed by atoms with van der Waals surface area (Å²) in [6.07, 6.45) is 2.67. The molecule has 0 aliphatic carbocycles. The summed E-state index contributed by atoms with van der Waals surface area (Å²) in [5.41, 5.74) is 0. The average Bonchev–Trinajstić information content (AvgIpc) is 2.28. The Bertz CT molecular complexity index is 235. The van der Waals surface area contributed by atoms with Crippen molar-refractivity contribution >= 4 is 6.09 Å². The van der Waals surface area contributed by atoms with Gasteiger partial charge in [0.25, 0.3) is 0 Å². The lowest BCUT2D eigenvalue weighted by Crippen LogP contribution is -2.40. The first-order valence-corrected chi connectivity index (χ1v) is 6.61. The van der Waals surface area contributed by atoms with Gasteiger partial charge in [0.2, 0.25) is 0 Å². The van der Waals surface area contributed by atoms with E-state index in [4.69, 9.17) is 9.84 Å². The van der Waals surface area contributed by atoms with Crippen LogP contribution in [0, 0.1) is 11.8 Å². The van der Waals surface area contributed by atoms with Gasteiger partial charge in [-0.3, -0.25) is 0 Å². The second-order valence-electron chi connectivity index (χ2n) is 5.25. The van der Waals surface area contributed by atoms with E-state index in [2.05, 4.69) is 6.92 Å². The zero-order chi connectivity index (χ0) is 12.8. The Morgan fingerprint density at radius 3 is 2.41 bits per heavy atom. The van der Waals surface area contributed by atoms with Crippen molar-refractivity contribution in [1.29, 1.82) is 0 Å². The molecule has 0 aromatic rings. The smallest absolute Gasteiger partial charge is 0.410 e. The molecule has 17 heavy (non-hydrogen) atoms. The lowest BCUT2D eigenvalue weighted by Gasteiger charge is -2.34. The second-order valence-corrected chi connectivity index (χ2v) is 5.25. The summed E-state index contributed by atoms with van der Waals surface area (Å²) < 4.78 is 5.18. The van der Waals surface area contributed by atoms with E-state index < -0.39 is 0 Å². The molecule has 0 bridgehead atoms. The lowest BCUT2D eigenvalue weighted by atomic mass is 9.84. The number of carbonyl (C=O) groups is 1. The number of ether oxygens (including phenoxy) is 1. The van der Waals surface area contributed by atoms with E-state index in [1.807, 2.05) is 13.8 Å². The highest BCUT2D eigenvalue weighted by Crippen LogP contribution is 2.27. The molecule has 1 fully saturated rings. The van der Waals surface area contributed by atoms with Crippen LogP contribution < -0.4 is 0 Å². The summed E-state index contributed by atoms with van der Waals surface area (Å²) in [6, 6.07) is 0. The molecule has 1 aliphatic heterocycles. The van der Waals surface area contributed by atoms with Crippen LogP contribution in [-0.2, 0) is 4.74 Å². The molecule has 4 heteroatoms. The fourth-order valence-electron chi connectivity index (χ4n) is 2.37. The van der Waals surface area contributed by atoms with Crippen molar-refractivity contribution in [3.63, 3.8) is 0 Å². The molecule has 1 rings (SSSR count). The Balaban J connectivity index is 2.32. The summed E-state index contributed by atoms with van der Waals surface area (Å²) in [5, 5.41) is 8.92. The van der Waals surface area contributed by atoms with Crippen LogP contribution in [0.5, 0.6) is 0 Å². The summed E-state index contributed by atoms with van der Waals surface area (Å²) in [7, 11) is 0. The van der Waals surface area contributed by atoms with Gasteiger partial charge in [-0.2, -0.15) is 0 Å². The molecule has 1 N–H and O–H groups in total. The average molecular weight is 243 g/mol. The number of rotatable bonds is 4. The molecule has 0 unspecified atom stereocenters. The van der Waals surface area contributed by atoms with Gasteiger partial charge in [0.1, 0.15) is 0 Å². The number of amides is 1. The van der Waals surface area contributed by atoms with Crippen molar-refractivity contribution in [2.24, 2.45) is 11.8 Å². The van der Waals surface area contributed by atoms with Crippen LogP contribution in [-0.4, -0.2) is 41.9 Å². The van der Waals surface area contributed by atoms with Gasteiger partial charge in [0.15, 0.2) is 0 Å². The van der Waals surface area contributed by atoms with E-state index in [1.54, 1.807) is 4.90 Å². The topological polar surface area (TPSA) is 49.8 Å². The first-order chi connectivity index (χ1) is 8.04. The highest BCUT2D eigenvalue weighted by Gasteiger charge is 2.26. The Morgan fingerprint density at radius 2 is 1.94 bits per heavy atom. The number of hydrogen-bond acceptors (Lipinski definition) is 3. The molecule has 1 aliphatic rings. The van der Waals surface area contributed by atoms with Gasteiger partial charge in [-0.1, -0.05) is 6.92 Å². The molecule has 4 nitrogen and oxygen atoms in total. The van der Waals surface area contributed by atoms with E-state index in [9.17, 15) is 4.79 Å². The maximum absolute atomic E-state index is 11.7. The number of piperidine rings is 1. The molecule has 1 saturated heterocycles. The molecule has 1 amide bonds. The monoisotopic (exact) mass is 243 g/mol. The van der Waals surface area contributed by atoms with Crippen molar-refractivity contribution in [3.05, 3.63) is 0 Å². The number of carbonyl (C=O) groups excluding carboxylic acids is 1. The van der Waals surface area contributed by atoms with Crippen LogP contribution in [0.15, 0.2) is 0 Å². The number of aliphatic hydroxyl groups is 1. The molecule has 100 valence electrons. The van der Waals surface area contributed by atoms with E-state index in [1.165, 1.54) is 0 Å². The second kappa shape index (κ2) is 6.84. The number of aliphatic hydroxyl groups excluding tert-OH is 1. The third-order valence-electron chi connectivity index (χ3n) is 3.52. The Hall–Kier alpha value is -0.770. The first kappa shape index (κ1) is 14.3. The maximum Gasteiger partial charge on any atom is 0.410 e. The van der Waals surface area contributed by atoms with Gasteiger partial charge in [-0.15, -0.1) is 0 Å². The molecule has 0 saturated carbocycles. The van der Waals surface area contributed by atoms with E-state index in [0.717, 1.165) is 32.4 Å². The van der Waals surface area contributed by atoms with Crippen molar-refractivity contribution in [1.82, 2.24) is 4.90 Å². The summed E-state index contributed by atoms with van der Waals surface area (Å²) in [5.74, 6) is 1.17. The van der Waals surface area contributed by atoms with Crippen molar-refractivity contribution in [3.8, 4) is 0 Å². The highest BCUT2D eigenvalue weighted by molar-refractivity contribution is 5.67. The maximum atomic E-state index is 11.7. The van der Waals surface area contributed by atoms with Gasteiger partial charge >= 0.3 is 6.09 Å². The van der Waals surface area contributed by atoms with Crippen molar-refractivity contribution in [2.45, 2.75) is 46.1 Å². The summed E-state index contributed by atoms with van der Waals surface area (Å²) in [6.45, 7) is 7.75. The quantitative estimate of drug-likeness (QED) is 0.824. The zero-order valence-electron chi connectivity index (χ0n) is 11.2. The van der Waals surface area contributed by atoms with E-state index in [-0.39, 0.29) is 18.8 Å². The van der Waals surface area contributed by atoms with Gasteiger partial charge in [0.05, 0.1) is 6.10 Å². The van der Waals surface area contributed by atoms with Gasteiger partial charge in [-0.05, 0) is 44.9 Å². The normalized spacial score (nSPS) is 19.5. The fourth-order valence-corrected chi connectivity index (χ4v) is 2.37. The number of nitrogens with zero attached hydrogens (tertiary/aromatic N) is 1. The van der Waals surface area contributed by atoms with Crippen LogP contribution in [0.1, 0.15) is 40.0 Å². The highest BCUT2D eigenvalue weighted by atomic mass is 16.6. The molecule has 0 radical (unpaired) electrons. The predicted molar refractivity (Wildman–Crippen MR) is 66.8 cm³/mol. The standard InChI is InChI=1S/C13H25NO3/c1-10(2)17-13(16)14-7-4-12(5-8-14)11(3)6-9-15/h10-12,15H,4-9H2,1-3H3/t11-/m1/s1. The Labute approximate surface area is 104 Å². The molecule has 1 atom stereocenters. The largest absolute Gasteiger partial charge is 0.447 e. The summed E-state index contributed by atoms with van der Waals surface area (Å²) in [4.78, 5) is 13.5. The van der Waals surface area contributed by atoms with Crippen LogP contribution in [0.25, 0.3) is 0 Å². The predicted octanol–water partition coefficient (Wildman–Crippen LogP) is 2.26. The van der Waals surface area contributed by atoms with E-state index >= 15 is 0 Å². The molecule has 0 aromatic carbocycles. The van der Waals surface area contributed by atoms with Crippen molar-refractivity contribution < 1.29 is 14.6 Å². The first-order valence-electron chi connectivity index (χ1n) is 6.61. The lowest BCUT2D eigenvalue weighted by molar-refractivity contribution is 0.0594. The third-order valence-corrected chi connectivity index (χ3v) is 3.52. The van der Waals surface area contributed by atoms with Gasteiger partial charge in [0, 0.05) is 19.7 Å². The zero-order valence-corrected chi connectivity index (χ0v) is 11.2. The number of hydrogen-bond donors (Lipinski definition) is 1. The number of likely N-dealkylation sites (tertiary alicyclic amines) is 1. The fraction of sp³-hybridized carbons (Fsp3) is 0.923. The SMILES string of the molecule is CC(C)OC(=O)N1CCC([C@H](C)CCO)CC1. The molecular weight excluding hydrogens is 218 g/mol. The third kappa shape index (κ3) is 4.54.